The number of hydrogen-bond acceptors (Lipinski definition) is 4. The summed E-state index contributed by atoms with van der Waals surface area (Å²) in [6.45, 7) is 2.32. The Morgan fingerprint density at radius 3 is 2.47 bits per heavy atom. The Morgan fingerprint density at radius 1 is 1.29 bits per heavy atom. The standard InChI is InChI=1S/C12H22N2O3/c1-17-12(16)4-2-3-11(15)14-7-5-10(9-13)6-8-14/h10H,2-9,13H2,1H3. The summed E-state index contributed by atoms with van der Waals surface area (Å²) in [6.07, 6.45) is 3.32. The number of amides is 1. The second kappa shape index (κ2) is 7.27. The van der Waals surface area contributed by atoms with Crippen molar-refractivity contribution in [3.8, 4) is 0 Å². The van der Waals surface area contributed by atoms with Crippen molar-refractivity contribution in [2.45, 2.75) is 32.1 Å². The van der Waals surface area contributed by atoms with Crippen LogP contribution in [0.1, 0.15) is 32.1 Å². The van der Waals surface area contributed by atoms with E-state index in [9.17, 15) is 9.59 Å². The predicted octanol–water partition coefficient (Wildman–Crippen LogP) is 0.527. The Balaban J connectivity index is 2.18. The normalized spacial score (nSPS) is 16.9. The third kappa shape index (κ3) is 4.73. The van der Waals surface area contributed by atoms with E-state index >= 15 is 0 Å². The highest BCUT2D eigenvalue weighted by atomic mass is 16.5. The van der Waals surface area contributed by atoms with Crippen molar-refractivity contribution < 1.29 is 14.3 Å². The molecule has 1 heterocycles. The molecule has 5 heteroatoms. The maximum absolute atomic E-state index is 11.8. The number of hydrogen-bond donors (Lipinski definition) is 1. The quantitative estimate of drug-likeness (QED) is 0.714. The van der Waals surface area contributed by atoms with Crippen LogP contribution >= 0.6 is 0 Å². The highest BCUT2D eigenvalue weighted by molar-refractivity contribution is 5.77. The molecule has 1 aliphatic rings. The summed E-state index contributed by atoms with van der Waals surface area (Å²) in [5.74, 6) is 0.457. The highest BCUT2D eigenvalue weighted by Crippen LogP contribution is 2.16. The lowest BCUT2D eigenvalue weighted by atomic mass is 9.97. The zero-order valence-electron chi connectivity index (χ0n) is 10.5. The maximum Gasteiger partial charge on any atom is 0.305 e. The van der Waals surface area contributed by atoms with Crippen LogP contribution in [0.4, 0.5) is 0 Å². The first kappa shape index (κ1) is 14.0. The average molecular weight is 242 g/mol. The number of nitrogens with two attached hydrogens (primary N) is 1. The number of carbonyl (C=O) groups is 2. The van der Waals surface area contributed by atoms with E-state index in [-0.39, 0.29) is 11.9 Å². The number of piperidine rings is 1. The minimum absolute atomic E-state index is 0.143. The molecule has 17 heavy (non-hydrogen) atoms. The van der Waals surface area contributed by atoms with Crippen LogP contribution in [0.25, 0.3) is 0 Å². The van der Waals surface area contributed by atoms with Crippen molar-refractivity contribution in [2.24, 2.45) is 11.7 Å². The number of ether oxygens (including phenoxy) is 1. The van der Waals surface area contributed by atoms with Crippen LogP contribution in [0.5, 0.6) is 0 Å². The third-order valence-corrected chi connectivity index (χ3v) is 3.30. The number of carbonyl (C=O) groups excluding carboxylic acids is 2. The van der Waals surface area contributed by atoms with E-state index in [0.717, 1.165) is 25.9 Å². The van der Waals surface area contributed by atoms with Gasteiger partial charge in [-0.25, -0.2) is 0 Å². The van der Waals surface area contributed by atoms with E-state index in [2.05, 4.69) is 4.74 Å². The van der Waals surface area contributed by atoms with Gasteiger partial charge in [-0.15, -0.1) is 0 Å². The van der Waals surface area contributed by atoms with Crippen molar-refractivity contribution in [3.63, 3.8) is 0 Å². The number of nitrogens with zero attached hydrogens (tertiary/aromatic N) is 1. The largest absolute Gasteiger partial charge is 0.469 e. The van der Waals surface area contributed by atoms with Crippen LogP contribution in [-0.4, -0.2) is 43.5 Å². The molecular formula is C12H22N2O3. The fraction of sp³-hybridized carbons (Fsp3) is 0.833. The molecule has 98 valence electrons. The Morgan fingerprint density at radius 2 is 1.94 bits per heavy atom. The van der Waals surface area contributed by atoms with Crippen LogP contribution in [0.2, 0.25) is 0 Å². The zero-order valence-corrected chi connectivity index (χ0v) is 10.5. The molecule has 0 unspecified atom stereocenters. The second-order valence-corrected chi connectivity index (χ2v) is 4.49. The van der Waals surface area contributed by atoms with Gasteiger partial charge in [0.15, 0.2) is 0 Å². The molecule has 0 saturated carbocycles. The van der Waals surface area contributed by atoms with Crippen LogP contribution in [0.3, 0.4) is 0 Å². The Labute approximate surface area is 102 Å². The zero-order chi connectivity index (χ0) is 12.7. The fourth-order valence-electron chi connectivity index (χ4n) is 2.06. The monoisotopic (exact) mass is 242 g/mol. The third-order valence-electron chi connectivity index (χ3n) is 3.30. The van der Waals surface area contributed by atoms with E-state index in [1.54, 1.807) is 0 Å². The van der Waals surface area contributed by atoms with Gasteiger partial charge in [0.05, 0.1) is 7.11 Å². The molecule has 0 aromatic rings. The molecule has 0 bridgehead atoms. The van der Waals surface area contributed by atoms with E-state index in [1.165, 1.54) is 7.11 Å². The van der Waals surface area contributed by atoms with Crippen molar-refractivity contribution in [1.29, 1.82) is 0 Å². The number of esters is 1. The molecule has 0 atom stereocenters. The van der Waals surface area contributed by atoms with Gasteiger partial charge in [0.2, 0.25) is 5.91 Å². The second-order valence-electron chi connectivity index (χ2n) is 4.49. The SMILES string of the molecule is COC(=O)CCCC(=O)N1CCC(CN)CC1. The lowest BCUT2D eigenvalue weighted by Crippen LogP contribution is -2.39. The smallest absolute Gasteiger partial charge is 0.305 e. The van der Waals surface area contributed by atoms with Crippen LogP contribution < -0.4 is 5.73 Å². The van der Waals surface area contributed by atoms with Gasteiger partial charge >= 0.3 is 5.97 Å². The fourth-order valence-corrected chi connectivity index (χ4v) is 2.06. The summed E-state index contributed by atoms with van der Waals surface area (Å²) in [7, 11) is 1.36. The lowest BCUT2D eigenvalue weighted by molar-refractivity contribution is -0.141. The van der Waals surface area contributed by atoms with E-state index < -0.39 is 0 Å². The minimum atomic E-state index is -0.250. The van der Waals surface area contributed by atoms with Gasteiger partial charge in [0.1, 0.15) is 0 Å². The number of likely N-dealkylation sites (tertiary alicyclic amines) is 1. The Hall–Kier alpha value is -1.10. The van der Waals surface area contributed by atoms with E-state index in [0.29, 0.717) is 31.7 Å². The molecule has 1 rings (SSSR count). The lowest BCUT2D eigenvalue weighted by Gasteiger charge is -2.31. The number of rotatable bonds is 5. The molecule has 5 nitrogen and oxygen atoms in total. The molecule has 1 aliphatic heterocycles. The highest BCUT2D eigenvalue weighted by Gasteiger charge is 2.21. The molecule has 0 radical (unpaired) electrons. The Bertz CT molecular complexity index is 260. The van der Waals surface area contributed by atoms with Crippen molar-refractivity contribution in [1.82, 2.24) is 4.90 Å². The van der Waals surface area contributed by atoms with Gasteiger partial charge < -0.3 is 15.4 Å². The predicted molar refractivity (Wildman–Crippen MR) is 64.2 cm³/mol. The van der Waals surface area contributed by atoms with Crippen LogP contribution in [0, 0.1) is 5.92 Å². The van der Waals surface area contributed by atoms with Crippen molar-refractivity contribution >= 4 is 11.9 Å². The summed E-state index contributed by atoms with van der Waals surface area (Å²) in [5.41, 5.74) is 5.60. The molecule has 0 aromatic heterocycles. The average Bonchev–Trinajstić information content (AvgIpc) is 2.38. The van der Waals surface area contributed by atoms with Gasteiger partial charge in [-0.1, -0.05) is 0 Å². The molecule has 1 amide bonds. The topological polar surface area (TPSA) is 72.6 Å². The van der Waals surface area contributed by atoms with Crippen molar-refractivity contribution in [3.05, 3.63) is 0 Å². The van der Waals surface area contributed by atoms with Gasteiger partial charge in [0, 0.05) is 25.9 Å². The Kier molecular flexibility index (Phi) is 5.97. The van der Waals surface area contributed by atoms with E-state index in [1.807, 2.05) is 4.90 Å². The summed E-state index contributed by atoms with van der Waals surface area (Å²) in [5, 5.41) is 0. The molecule has 2 N–H and O–H groups in total. The summed E-state index contributed by atoms with van der Waals surface area (Å²) < 4.78 is 4.53. The molecule has 0 aromatic carbocycles. The molecule has 1 saturated heterocycles. The number of methoxy groups -OCH3 is 1. The van der Waals surface area contributed by atoms with Crippen LogP contribution in [-0.2, 0) is 14.3 Å². The maximum atomic E-state index is 11.8. The molecule has 0 aliphatic carbocycles. The van der Waals surface area contributed by atoms with Gasteiger partial charge in [-0.2, -0.15) is 0 Å². The summed E-state index contributed by atoms with van der Waals surface area (Å²) >= 11 is 0. The summed E-state index contributed by atoms with van der Waals surface area (Å²) in [6, 6.07) is 0. The minimum Gasteiger partial charge on any atom is -0.469 e. The molecule has 0 spiro atoms. The molecule has 1 fully saturated rings. The van der Waals surface area contributed by atoms with Crippen molar-refractivity contribution in [2.75, 3.05) is 26.7 Å². The van der Waals surface area contributed by atoms with Gasteiger partial charge in [-0.05, 0) is 31.7 Å². The summed E-state index contributed by atoms with van der Waals surface area (Å²) in [4.78, 5) is 24.6. The van der Waals surface area contributed by atoms with E-state index in [4.69, 9.17) is 5.73 Å². The van der Waals surface area contributed by atoms with Gasteiger partial charge in [0.25, 0.3) is 0 Å². The van der Waals surface area contributed by atoms with Gasteiger partial charge in [-0.3, -0.25) is 9.59 Å². The first-order chi connectivity index (χ1) is 8.17. The first-order valence-electron chi connectivity index (χ1n) is 6.22. The van der Waals surface area contributed by atoms with Crippen LogP contribution in [0.15, 0.2) is 0 Å². The molecular weight excluding hydrogens is 220 g/mol. The first-order valence-corrected chi connectivity index (χ1v) is 6.22.